The molecule has 0 atom stereocenters. The summed E-state index contributed by atoms with van der Waals surface area (Å²) >= 11 is 3.30. The van der Waals surface area contributed by atoms with Gasteiger partial charge in [-0.1, -0.05) is 12.1 Å². The van der Waals surface area contributed by atoms with Gasteiger partial charge in [-0.15, -0.1) is 0 Å². The summed E-state index contributed by atoms with van der Waals surface area (Å²) in [7, 11) is 1.62. The Morgan fingerprint density at radius 1 is 1.32 bits per heavy atom. The van der Waals surface area contributed by atoms with Gasteiger partial charge in [-0.05, 0) is 39.7 Å². The van der Waals surface area contributed by atoms with E-state index in [1.165, 1.54) is 0 Å². The summed E-state index contributed by atoms with van der Waals surface area (Å²) in [6.45, 7) is 0.372. The van der Waals surface area contributed by atoms with Gasteiger partial charge in [0.1, 0.15) is 18.4 Å². The molecule has 0 aliphatic carbocycles. The van der Waals surface area contributed by atoms with E-state index in [4.69, 9.17) is 14.7 Å². The van der Waals surface area contributed by atoms with Gasteiger partial charge in [0.05, 0.1) is 7.11 Å². The van der Waals surface area contributed by atoms with Gasteiger partial charge < -0.3 is 9.47 Å². The van der Waals surface area contributed by atoms with E-state index in [9.17, 15) is 0 Å². The van der Waals surface area contributed by atoms with E-state index in [1.807, 2.05) is 30.3 Å². The second-order valence-electron chi connectivity index (χ2n) is 3.75. The van der Waals surface area contributed by atoms with Crippen molar-refractivity contribution >= 4 is 15.9 Å². The lowest BCUT2D eigenvalue weighted by atomic mass is 10.2. The molecule has 0 radical (unpaired) electrons. The van der Waals surface area contributed by atoms with Gasteiger partial charge in [-0.2, -0.15) is 5.26 Å². The topological polar surface area (TPSA) is 55.1 Å². The van der Waals surface area contributed by atoms with Gasteiger partial charge in [0.15, 0.2) is 11.4 Å². The number of hydrogen-bond acceptors (Lipinski definition) is 4. The van der Waals surface area contributed by atoms with Gasteiger partial charge in [-0.25, -0.2) is 4.98 Å². The molecule has 2 aromatic rings. The number of methoxy groups -OCH3 is 1. The van der Waals surface area contributed by atoms with E-state index >= 15 is 0 Å². The fourth-order valence-corrected chi connectivity index (χ4v) is 1.81. The Morgan fingerprint density at radius 2 is 2.05 bits per heavy atom. The molecule has 0 fully saturated rings. The summed E-state index contributed by atoms with van der Waals surface area (Å²) in [4.78, 5) is 3.98. The first-order valence-electron chi connectivity index (χ1n) is 5.54. The highest BCUT2D eigenvalue weighted by Gasteiger charge is 2.06. The lowest BCUT2D eigenvalue weighted by Crippen LogP contribution is -1.98. The van der Waals surface area contributed by atoms with E-state index in [0.717, 1.165) is 15.8 Å². The second kappa shape index (κ2) is 6.21. The molecular weight excluding hydrogens is 308 g/mol. The van der Waals surface area contributed by atoms with E-state index in [-0.39, 0.29) is 5.69 Å². The molecule has 0 aliphatic heterocycles. The van der Waals surface area contributed by atoms with Crippen molar-refractivity contribution in [3.63, 3.8) is 0 Å². The molecule has 0 N–H and O–H groups in total. The van der Waals surface area contributed by atoms with E-state index in [1.54, 1.807) is 19.4 Å². The maximum absolute atomic E-state index is 8.95. The third-order valence-electron chi connectivity index (χ3n) is 2.48. The fraction of sp³-hybridized carbons (Fsp3) is 0.143. The van der Waals surface area contributed by atoms with Crippen molar-refractivity contribution in [2.24, 2.45) is 0 Å². The second-order valence-corrected chi connectivity index (χ2v) is 4.66. The molecule has 1 heterocycles. The van der Waals surface area contributed by atoms with Crippen LogP contribution in [0.5, 0.6) is 11.5 Å². The summed E-state index contributed by atoms with van der Waals surface area (Å²) in [5.41, 5.74) is 1.27. The first-order chi connectivity index (χ1) is 9.22. The number of nitrogens with zero attached hydrogens (tertiary/aromatic N) is 2. The molecule has 0 unspecified atom stereocenters. The van der Waals surface area contributed by atoms with Crippen molar-refractivity contribution in [1.82, 2.24) is 4.98 Å². The predicted molar refractivity (Wildman–Crippen MR) is 74.0 cm³/mol. The van der Waals surface area contributed by atoms with Crippen molar-refractivity contribution < 1.29 is 9.47 Å². The highest BCUT2D eigenvalue weighted by Crippen LogP contribution is 2.22. The summed E-state index contributed by atoms with van der Waals surface area (Å²) in [5.74, 6) is 1.26. The minimum Gasteiger partial charge on any atom is -0.497 e. The summed E-state index contributed by atoms with van der Waals surface area (Å²) in [6, 6.07) is 11.3. The molecule has 0 saturated heterocycles. The number of benzene rings is 1. The van der Waals surface area contributed by atoms with Gasteiger partial charge in [0, 0.05) is 10.7 Å². The first kappa shape index (κ1) is 13.4. The monoisotopic (exact) mass is 318 g/mol. The zero-order valence-corrected chi connectivity index (χ0v) is 11.8. The molecule has 0 bridgehead atoms. The smallest absolute Gasteiger partial charge is 0.182 e. The van der Waals surface area contributed by atoms with Crippen LogP contribution in [0.1, 0.15) is 11.3 Å². The molecule has 5 heteroatoms. The highest BCUT2D eigenvalue weighted by molar-refractivity contribution is 9.10. The van der Waals surface area contributed by atoms with Crippen LogP contribution in [0.2, 0.25) is 0 Å². The van der Waals surface area contributed by atoms with Crippen molar-refractivity contribution in [2.45, 2.75) is 6.61 Å². The maximum Gasteiger partial charge on any atom is 0.182 e. The average Bonchev–Trinajstić information content (AvgIpc) is 2.46. The van der Waals surface area contributed by atoms with Crippen molar-refractivity contribution in [3.05, 3.63) is 52.3 Å². The number of aromatic nitrogens is 1. The number of nitriles is 1. The molecule has 0 amide bonds. The van der Waals surface area contributed by atoms with E-state index < -0.39 is 0 Å². The molecule has 19 heavy (non-hydrogen) atoms. The van der Waals surface area contributed by atoms with Crippen molar-refractivity contribution in [2.75, 3.05) is 7.11 Å². The normalized spacial score (nSPS) is 9.74. The molecule has 0 saturated carbocycles. The van der Waals surface area contributed by atoms with Gasteiger partial charge in [0.25, 0.3) is 0 Å². The highest BCUT2D eigenvalue weighted by atomic mass is 79.9. The summed E-state index contributed by atoms with van der Waals surface area (Å²) < 4.78 is 11.5. The summed E-state index contributed by atoms with van der Waals surface area (Å²) in [5, 5.41) is 8.95. The lowest BCUT2D eigenvalue weighted by Gasteiger charge is -2.08. The number of rotatable bonds is 4. The van der Waals surface area contributed by atoms with Crippen LogP contribution in [0, 0.1) is 11.3 Å². The minimum atomic E-state index is 0.275. The van der Waals surface area contributed by atoms with Gasteiger partial charge in [0.2, 0.25) is 0 Å². The van der Waals surface area contributed by atoms with Crippen LogP contribution in [-0.4, -0.2) is 12.1 Å². The number of ether oxygens (including phenoxy) is 2. The van der Waals surface area contributed by atoms with Crippen LogP contribution >= 0.6 is 15.9 Å². The van der Waals surface area contributed by atoms with Crippen LogP contribution in [0.15, 0.2) is 41.0 Å². The Morgan fingerprint density at radius 3 is 2.68 bits per heavy atom. The number of pyridine rings is 1. The number of hydrogen-bond donors (Lipinski definition) is 0. The molecule has 1 aromatic carbocycles. The zero-order chi connectivity index (χ0) is 13.7. The lowest BCUT2D eigenvalue weighted by molar-refractivity contribution is 0.303. The van der Waals surface area contributed by atoms with Crippen molar-refractivity contribution in [3.8, 4) is 17.6 Å². The van der Waals surface area contributed by atoms with Crippen LogP contribution in [0.3, 0.4) is 0 Å². The third kappa shape index (κ3) is 3.46. The molecule has 1 aromatic heterocycles. The van der Waals surface area contributed by atoms with Gasteiger partial charge >= 0.3 is 0 Å². The van der Waals surface area contributed by atoms with E-state index in [0.29, 0.717) is 12.4 Å². The SMILES string of the molecule is COc1ccc(COc2cc(Br)cnc2C#N)cc1. The Hall–Kier alpha value is -2.06. The standard InChI is InChI=1S/C14H11BrN2O2/c1-18-12-4-2-10(3-5-12)9-19-14-6-11(15)8-17-13(14)7-16/h2-6,8H,9H2,1H3. The molecular formula is C14H11BrN2O2. The Bertz CT molecular complexity index is 606. The quantitative estimate of drug-likeness (QED) is 0.867. The van der Waals surface area contributed by atoms with E-state index in [2.05, 4.69) is 20.9 Å². The Balaban J connectivity index is 2.09. The molecule has 0 aliphatic rings. The molecule has 96 valence electrons. The minimum absolute atomic E-state index is 0.275. The Labute approximate surface area is 119 Å². The van der Waals surface area contributed by atoms with Crippen molar-refractivity contribution in [1.29, 1.82) is 5.26 Å². The number of halogens is 1. The van der Waals surface area contributed by atoms with Gasteiger partial charge in [-0.3, -0.25) is 0 Å². The summed E-state index contributed by atoms with van der Waals surface area (Å²) in [6.07, 6.45) is 1.57. The van der Waals surface area contributed by atoms with Crippen LogP contribution < -0.4 is 9.47 Å². The van der Waals surface area contributed by atoms with Crippen LogP contribution in [-0.2, 0) is 6.61 Å². The van der Waals surface area contributed by atoms with Crippen LogP contribution in [0.25, 0.3) is 0 Å². The third-order valence-corrected chi connectivity index (χ3v) is 2.91. The molecule has 2 rings (SSSR count). The average molecular weight is 319 g/mol. The first-order valence-corrected chi connectivity index (χ1v) is 6.33. The maximum atomic E-state index is 8.95. The molecule has 4 nitrogen and oxygen atoms in total. The Kier molecular flexibility index (Phi) is 4.37. The largest absolute Gasteiger partial charge is 0.497 e. The predicted octanol–water partition coefficient (Wildman–Crippen LogP) is 3.30. The fourth-order valence-electron chi connectivity index (χ4n) is 1.50. The molecule has 0 spiro atoms. The zero-order valence-electron chi connectivity index (χ0n) is 10.3. The van der Waals surface area contributed by atoms with Crippen LogP contribution in [0.4, 0.5) is 0 Å².